The molecule has 1 atom stereocenters. The van der Waals surface area contributed by atoms with Gasteiger partial charge in [0.2, 0.25) is 20.8 Å². The second-order valence-corrected chi connectivity index (χ2v) is 5.72. The van der Waals surface area contributed by atoms with Crippen molar-refractivity contribution < 1.29 is 14.6 Å². The van der Waals surface area contributed by atoms with Gasteiger partial charge in [0.05, 0.1) is 9.33 Å². The lowest BCUT2D eigenvalue weighted by Crippen LogP contribution is -2.25. The summed E-state index contributed by atoms with van der Waals surface area (Å²) < 4.78 is 4.07. The van der Waals surface area contributed by atoms with Gasteiger partial charge in [-0.25, -0.2) is 0 Å². The molecule has 8 heavy (non-hydrogen) atoms. The fourth-order valence-electron chi connectivity index (χ4n) is 0.129. The number of ether oxygens (including phenoxy) is 1. The molecule has 0 N–H and O–H groups in total. The highest BCUT2D eigenvalue weighted by Gasteiger charge is 2.01. The average Bonchev–Trinajstić information content (AvgIpc) is 1.61. The predicted octanol–water partition coefficient (Wildman–Crippen LogP) is -0.138. The summed E-state index contributed by atoms with van der Waals surface area (Å²) in [6.07, 6.45) is 0.340. The average molecular weight is 201 g/mol. The Balaban J connectivity index is 3.05. The minimum Gasteiger partial charge on any atom is -0.504 e. The third-order valence-electron chi connectivity index (χ3n) is 0.339. The molecule has 48 valence electrons. The zero-order chi connectivity index (χ0) is 6.57. The van der Waals surface area contributed by atoms with E-state index in [1.807, 2.05) is 6.26 Å². The number of halogens is 1. The Labute approximate surface area is 57.6 Å². The van der Waals surface area contributed by atoms with Gasteiger partial charge < -0.3 is 14.6 Å². The maximum atomic E-state index is 9.55. The van der Waals surface area contributed by atoms with Crippen LogP contribution in [0.4, 0.5) is 4.79 Å². The molecule has 3 nitrogen and oxygen atoms in total. The van der Waals surface area contributed by atoms with Gasteiger partial charge in [-0.15, -0.1) is 0 Å². The largest absolute Gasteiger partial charge is 0.504 e. The maximum Gasteiger partial charge on any atom is 0.255 e. The van der Waals surface area contributed by atoms with Crippen molar-refractivity contribution in [2.24, 2.45) is 0 Å². The van der Waals surface area contributed by atoms with Gasteiger partial charge in [-0.05, 0) is 0 Å². The van der Waals surface area contributed by atoms with Crippen LogP contribution in [0.5, 0.6) is 0 Å². The van der Waals surface area contributed by atoms with Crippen molar-refractivity contribution in [3.05, 3.63) is 0 Å². The Bertz CT molecular complexity index is 84.6. The summed E-state index contributed by atoms with van der Waals surface area (Å²) in [5.74, 6) is 0.169. The molecular weight excluding hydrogens is 196 g/mol. The molecule has 0 aromatic heterocycles. The number of hydrogen-bond acceptors (Lipinski definition) is 3. The Morgan fingerprint density at radius 2 is 2.50 bits per heavy atom. The molecule has 0 saturated heterocycles. The summed E-state index contributed by atoms with van der Waals surface area (Å²) in [6, 6.07) is 0. The summed E-state index contributed by atoms with van der Waals surface area (Å²) in [7, 11) is -0.167. The van der Waals surface area contributed by atoms with Gasteiger partial charge in [0, 0.05) is 0 Å². The van der Waals surface area contributed by atoms with Crippen LogP contribution in [0.1, 0.15) is 0 Å². The smallest absolute Gasteiger partial charge is 0.255 e. The minimum absolute atomic E-state index is 0.167. The Hall–Kier alpha value is 0.1000. The lowest BCUT2D eigenvalue weighted by Gasteiger charge is -2.00. The third-order valence-corrected chi connectivity index (χ3v) is 1.34. The van der Waals surface area contributed by atoms with Gasteiger partial charge in [0.1, 0.15) is 6.26 Å². The van der Waals surface area contributed by atoms with Gasteiger partial charge in [-0.1, -0.05) is 0 Å². The van der Waals surface area contributed by atoms with Crippen molar-refractivity contribution in [2.75, 3.05) is 12.2 Å². The van der Waals surface area contributed by atoms with E-state index in [0.717, 1.165) is 0 Å². The topological polar surface area (TPSA) is 49.4 Å². The molecule has 0 aliphatic heterocycles. The van der Waals surface area contributed by atoms with Crippen LogP contribution in [-0.4, -0.2) is 18.4 Å². The SMILES string of the molecule is C[S+](Br)COC(=O)[O-]. The van der Waals surface area contributed by atoms with Crippen molar-refractivity contribution in [2.45, 2.75) is 0 Å². The summed E-state index contributed by atoms with van der Waals surface area (Å²) in [5, 5.41) is 9.55. The van der Waals surface area contributed by atoms with E-state index in [-0.39, 0.29) is 15.3 Å². The second-order valence-electron chi connectivity index (χ2n) is 1.06. The van der Waals surface area contributed by atoms with E-state index in [1.165, 1.54) is 0 Å². The van der Waals surface area contributed by atoms with E-state index < -0.39 is 6.16 Å². The summed E-state index contributed by atoms with van der Waals surface area (Å²) in [6.45, 7) is 0. The van der Waals surface area contributed by atoms with Gasteiger partial charge in [-0.2, -0.15) is 0 Å². The van der Waals surface area contributed by atoms with E-state index >= 15 is 0 Å². The van der Waals surface area contributed by atoms with Crippen LogP contribution in [0, 0.1) is 0 Å². The fraction of sp³-hybridized carbons (Fsp3) is 0.667. The predicted molar refractivity (Wildman–Crippen MR) is 33.6 cm³/mol. The van der Waals surface area contributed by atoms with Gasteiger partial charge in [0.25, 0.3) is 6.16 Å². The Kier molecular flexibility index (Phi) is 4.08. The van der Waals surface area contributed by atoms with Gasteiger partial charge in [0.15, 0.2) is 0 Å². The van der Waals surface area contributed by atoms with Crippen LogP contribution in [0.3, 0.4) is 0 Å². The van der Waals surface area contributed by atoms with E-state index in [9.17, 15) is 9.90 Å². The van der Waals surface area contributed by atoms with Crippen LogP contribution in [0.15, 0.2) is 0 Å². The number of rotatable bonds is 2. The van der Waals surface area contributed by atoms with E-state index in [1.54, 1.807) is 0 Å². The quantitative estimate of drug-likeness (QED) is 0.461. The number of carbonyl (C=O) groups is 1. The lowest BCUT2D eigenvalue weighted by molar-refractivity contribution is -0.280. The molecule has 0 aliphatic rings. The minimum atomic E-state index is -1.47. The first-order chi connectivity index (χ1) is 3.63. The van der Waals surface area contributed by atoms with Crippen molar-refractivity contribution in [1.29, 1.82) is 0 Å². The van der Waals surface area contributed by atoms with Crippen LogP contribution in [-0.2, 0) is 14.1 Å². The first-order valence-electron chi connectivity index (χ1n) is 1.75. The molecule has 0 amide bonds. The highest BCUT2D eigenvalue weighted by molar-refractivity contribution is 9.48. The molecule has 0 bridgehead atoms. The summed E-state index contributed by atoms with van der Waals surface area (Å²) in [5.41, 5.74) is 0. The molecule has 1 unspecified atom stereocenters. The molecule has 0 aromatic rings. The number of carboxylic acid groups (broad SMARTS) is 1. The molecule has 5 heteroatoms. The maximum absolute atomic E-state index is 9.55. The van der Waals surface area contributed by atoms with Gasteiger partial charge in [-0.3, -0.25) is 0 Å². The lowest BCUT2D eigenvalue weighted by atomic mass is 11.4. The third kappa shape index (κ3) is 6.10. The molecule has 0 aromatic carbocycles. The summed E-state index contributed by atoms with van der Waals surface area (Å²) >= 11 is 3.11. The number of carbonyl (C=O) groups excluding carboxylic acids is 1. The highest BCUT2D eigenvalue weighted by atomic mass is 79.9. The zero-order valence-electron chi connectivity index (χ0n) is 4.22. The van der Waals surface area contributed by atoms with Crippen molar-refractivity contribution >= 4 is 30.3 Å². The fourth-order valence-corrected chi connectivity index (χ4v) is 0.668. The van der Waals surface area contributed by atoms with E-state index in [4.69, 9.17) is 0 Å². The van der Waals surface area contributed by atoms with Crippen molar-refractivity contribution in [1.82, 2.24) is 0 Å². The molecule has 0 saturated carbocycles. The standard InChI is InChI=1S/C3H5BrO3S/c1-8(4)2-7-3(5)6/h2H2,1H3. The molecule has 0 aliphatic carbocycles. The number of hydrogen-bond donors (Lipinski definition) is 0. The van der Waals surface area contributed by atoms with Crippen LogP contribution in [0.25, 0.3) is 0 Å². The molecule has 0 heterocycles. The second kappa shape index (κ2) is 4.03. The molecule has 0 radical (unpaired) electrons. The van der Waals surface area contributed by atoms with Crippen LogP contribution in [0.2, 0.25) is 0 Å². The normalized spacial score (nSPS) is 12.8. The van der Waals surface area contributed by atoms with Crippen LogP contribution < -0.4 is 5.11 Å². The first kappa shape index (κ1) is 8.10. The Morgan fingerprint density at radius 1 is 2.00 bits per heavy atom. The first-order valence-corrected chi connectivity index (χ1v) is 5.40. The molecular formula is C3H5BrO3S. The highest BCUT2D eigenvalue weighted by Crippen LogP contribution is 1.99. The van der Waals surface area contributed by atoms with Gasteiger partial charge >= 0.3 is 0 Å². The molecule has 0 fully saturated rings. The molecule has 0 rings (SSSR count). The Morgan fingerprint density at radius 3 is 2.62 bits per heavy atom. The summed E-state index contributed by atoms with van der Waals surface area (Å²) in [4.78, 5) is 9.55. The van der Waals surface area contributed by atoms with E-state index in [0.29, 0.717) is 0 Å². The van der Waals surface area contributed by atoms with Crippen LogP contribution >= 0.6 is 14.8 Å². The van der Waals surface area contributed by atoms with Crippen molar-refractivity contribution in [3.8, 4) is 0 Å². The molecule has 0 spiro atoms. The zero-order valence-corrected chi connectivity index (χ0v) is 6.62. The van der Waals surface area contributed by atoms with Crippen molar-refractivity contribution in [3.63, 3.8) is 0 Å². The van der Waals surface area contributed by atoms with E-state index in [2.05, 4.69) is 19.5 Å². The monoisotopic (exact) mass is 200 g/mol.